The standard InChI is InChI=1S/C25H20S2/c1-15-2-4-16(5-3-15)6-9-19-14-18-8-11-21-22-20(23(21)25(18)27-19)10-7-17-12-13-26-24(17)22/h2-5,7-8,10-13,19H,6,9,14H2,1H3. The van der Waals surface area contributed by atoms with Crippen LogP contribution in [0.15, 0.2) is 64.9 Å². The molecule has 0 spiro atoms. The van der Waals surface area contributed by atoms with Gasteiger partial charge in [0.2, 0.25) is 0 Å². The highest BCUT2D eigenvalue weighted by Crippen LogP contribution is 2.58. The molecule has 0 fully saturated rings. The van der Waals surface area contributed by atoms with Crippen molar-refractivity contribution >= 4 is 33.2 Å². The van der Waals surface area contributed by atoms with E-state index in [0.29, 0.717) is 5.25 Å². The van der Waals surface area contributed by atoms with E-state index in [2.05, 4.69) is 78.7 Å². The van der Waals surface area contributed by atoms with Crippen molar-refractivity contribution in [3.8, 4) is 22.3 Å². The third kappa shape index (κ3) is 2.43. The fourth-order valence-electron chi connectivity index (χ4n) is 4.54. The summed E-state index contributed by atoms with van der Waals surface area (Å²) in [7, 11) is 0. The molecular formula is C25H20S2. The Labute approximate surface area is 168 Å². The van der Waals surface area contributed by atoms with Crippen molar-refractivity contribution in [3.05, 3.63) is 76.7 Å². The first-order chi connectivity index (χ1) is 13.3. The van der Waals surface area contributed by atoms with E-state index in [9.17, 15) is 0 Å². The Hall–Kier alpha value is -2.03. The average molecular weight is 385 g/mol. The van der Waals surface area contributed by atoms with Crippen LogP contribution in [0.5, 0.6) is 0 Å². The van der Waals surface area contributed by atoms with Crippen LogP contribution in [0.25, 0.3) is 32.3 Å². The molecule has 1 unspecified atom stereocenters. The van der Waals surface area contributed by atoms with E-state index in [0.717, 1.165) is 0 Å². The maximum Gasteiger partial charge on any atom is 0.0427 e. The monoisotopic (exact) mass is 384 g/mol. The molecule has 4 aromatic rings. The van der Waals surface area contributed by atoms with Crippen molar-refractivity contribution in [2.75, 3.05) is 0 Å². The highest BCUT2D eigenvalue weighted by molar-refractivity contribution is 8.00. The van der Waals surface area contributed by atoms with Crippen molar-refractivity contribution in [1.82, 2.24) is 0 Å². The number of rotatable bonds is 3. The quantitative estimate of drug-likeness (QED) is 0.310. The van der Waals surface area contributed by atoms with E-state index in [1.54, 1.807) is 10.5 Å². The van der Waals surface area contributed by atoms with Crippen LogP contribution >= 0.6 is 23.1 Å². The fourth-order valence-corrected chi connectivity index (χ4v) is 6.97. The smallest absolute Gasteiger partial charge is 0.0427 e. The van der Waals surface area contributed by atoms with E-state index in [1.807, 2.05) is 11.3 Å². The topological polar surface area (TPSA) is 0 Å². The Morgan fingerprint density at radius 3 is 2.59 bits per heavy atom. The summed E-state index contributed by atoms with van der Waals surface area (Å²) in [5.41, 5.74) is 10.3. The van der Waals surface area contributed by atoms with Gasteiger partial charge >= 0.3 is 0 Å². The number of benzene rings is 3. The molecule has 2 aliphatic rings. The van der Waals surface area contributed by atoms with Crippen molar-refractivity contribution in [3.63, 3.8) is 0 Å². The van der Waals surface area contributed by atoms with Crippen LogP contribution in [0.2, 0.25) is 0 Å². The van der Waals surface area contributed by atoms with Gasteiger partial charge in [-0.15, -0.1) is 23.1 Å². The van der Waals surface area contributed by atoms with Gasteiger partial charge in [0.25, 0.3) is 0 Å². The molecule has 0 amide bonds. The van der Waals surface area contributed by atoms with Crippen molar-refractivity contribution in [2.45, 2.75) is 36.3 Å². The minimum atomic E-state index is 0.710. The highest BCUT2D eigenvalue weighted by atomic mass is 32.2. The Balaban J connectivity index is 1.27. The molecule has 1 aromatic heterocycles. The van der Waals surface area contributed by atoms with Crippen LogP contribution in [0.1, 0.15) is 23.1 Å². The summed E-state index contributed by atoms with van der Waals surface area (Å²) in [4.78, 5) is 1.56. The van der Waals surface area contributed by atoms with E-state index < -0.39 is 0 Å². The second-order valence-corrected chi connectivity index (χ2v) is 10.00. The predicted octanol–water partition coefficient (Wildman–Crippen LogP) is 7.51. The van der Waals surface area contributed by atoms with Crippen LogP contribution in [-0.2, 0) is 12.8 Å². The molecule has 0 saturated carbocycles. The van der Waals surface area contributed by atoms with Gasteiger partial charge < -0.3 is 0 Å². The lowest BCUT2D eigenvalue weighted by atomic mass is 9.79. The predicted molar refractivity (Wildman–Crippen MR) is 119 cm³/mol. The second-order valence-electron chi connectivity index (χ2n) is 7.77. The van der Waals surface area contributed by atoms with E-state index in [4.69, 9.17) is 0 Å². The number of aryl methyl sites for hydroxylation is 2. The Morgan fingerprint density at radius 1 is 0.889 bits per heavy atom. The molecule has 0 nitrogen and oxygen atoms in total. The van der Waals surface area contributed by atoms with Gasteiger partial charge in [0.1, 0.15) is 0 Å². The van der Waals surface area contributed by atoms with Crippen LogP contribution in [0.3, 0.4) is 0 Å². The normalized spacial score (nSPS) is 16.7. The molecule has 2 heteroatoms. The second kappa shape index (κ2) is 5.98. The molecule has 132 valence electrons. The molecule has 2 heterocycles. The number of fused-ring (bicyclic) bond motifs is 8. The maximum atomic E-state index is 2.39. The zero-order chi connectivity index (χ0) is 18.0. The summed E-state index contributed by atoms with van der Waals surface area (Å²) in [5.74, 6) is 0. The van der Waals surface area contributed by atoms with E-state index in [-0.39, 0.29) is 0 Å². The maximum absolute atomic E-state index is 2.39. The first-order valence-electron chi connectivity index (χ1n) is 9.67. The Kier molecular flexibility index (Phi) is 3.54. The molecule has 1 aliphatic heterocycles. The number of thioether (sulfide) groups is 1. The molecular weight excluding hydrogens is 364 g/mol. The summed E-state index contributed by atoms with van der Waals surface area (Å²) in [5, 5.41) is 4.31. The lowest BCUT2D eigenvalue weighted by molar-refractivity contribution is 0.763. The van der Waals surface area contributed by atoms with Crippen molar-refractivity contribution in [2.24, 2.45) is 0 Å². The van der Waals surface area contributed by atoms with Gasteiger partial charge in [0, 0.05) is 26.0 Å². The summed E-state index contributed by atoms with van der Waals surface area (Å²) in [6, 6.07) is 20.7. The lowest BCUT2D eigenvalue weighted by Gasteiger charge is -2.27. The van der Waals surface area contributed by atoms with Gasteiger partial charge in [-0.05, 0) is 65.3 Å². The first kappa shape index (κ1) is 16.0. The molecule has 1 aliphatic carbocycles. The minimum Gasteiger partial charge on any atom is -0.143 e. The van der Waals surface area contributed by atoms with Gasteiger partial charge in [-0.1, -0.05) is 54.1 Å². The molecule has 0 saturated heterocycles. The number of hydrogen-bond donors (Lipinski definition) is 0. The first-order valence-corrected chi connectivity index (χ1v) is 11.4. The van der Waals surface area contributed by atoms with Crippen LogP contribution in [0.4, 0.5) is 0 Å². The lowest BCUT2D eigenvalue weighted by Crippen LogP contribution is -2.02. The summed E-state index contributed by atoms with van der Waals surface area (Å²) >= 11 is 4.00. The molecule has 0 radical (unpaired) electrons. The molecule has 6 rings (SSSR count). The summed E-state index contributed by atoms with van der Waals surface area (Å²) in [6.07, 6.45) is 3.66. The Bertz CT molecular complexity index is 1180. The molecule has 27 heavy (non-hydrogen) atoms. The van der Waals surface area contributed by atoms with E-state index >= 15 is 0 Å². The van der Waals surface area contributed by atoms with Crippen LogP contribution in [-0.4, -0.2) is 5.25 Å². The molecule has 0 bridgehead atoms. The van der Waals surface area contributed by atoms with Gasteiger partial charge in [-0.2, -0.15) is 0 Å². The zero-order valence-electron chi connectivity index (χ0n) is 15.3. The number of hydrogen-bond acceptors (Lipinski definition) is 2. The third-order valence-electron chi connectivity index (χ3n) is 6.01. The molecule has 1 atom stereocenters. The highest BCUT2D eigenvalue weighted by Gasteiger charge is 2.33. The molecule has 3 aromatic carbocycles. The summed E-state index contributed by atoms with van der Waals surface area (Å²) in [6.45, 7) is 2.16. The van der Waals surface area contributed by atoms with Crippen molar-refractivity contribution < 1.29 is 0 Å². The van der Waals surface area contributed by atoms with Crippen LogP contribution in [0, 0.1) is 6.92 Å². The summed E-state index contributed by atoms with van der Waals surface area (Å²) < 4.78 is 1.46. The SMILES string of the molecule is Cc1ccc(CCC2Cc3ccc4c(c3S2)-c2ccc3ccsc3c2-4)cc1. The number of thiophene rings is 1. The molecule has 0 N–H and O–H groups in total. The van der Waals surface area contributed by atoms with Gasteiger partial charge in [-0.25, -0.2) is 0 Å². The average Bonchev–Trinajstić information content (AvgIpc) is 3.29. The van der Waals surface area contributed by atoms with Crippen molar-refractivity contribution in [1.29, 1.82) is 0 Å². The Morgan fingerprint density at radius 2 is 1.70 bits per heavy atom. The zero-order valence-corrected chi connectivity index (χ0v) is 16.9. The minimum absolute atomic E-state index is 0.710. The largest absolute Gasteiger partial charge is 0.143 e. The third-order valence-corrected chi connectivity index (χ3v) is 8.39. The fraction of sp³-hybridized carbons (Fsp3) is 0.200. The van der Waals surface area contributed by atoms with Gasteiger partial charge in [0.15, 0.2) is 0 Å². The van der Waals surface area contributed by atoms with E-state index in [1.165, 1.54) is 62.7 Å². The van der Waals surface area contributed by atoms with Gasteiger partial charge in [0.05, 0.1) is 0 Å². The van der Waals surface area contributed by atoms with Gasteiger partial charge in [-0.3, -0.25) is 0 Å². The van der Waals surface area contributed by atoms with Crippen LogP contribution < -0.4 is 0 Å².